The molecule has 0 aliphatic rings. The van der Waals surface area contributed by atoms with Crippen LogP contribution >= 0.6 is 0 Å². The van der Waals surface area contributed by atoms with Crippen molar-refractivity contribution in [2.24, 2.45) is 5.73 Å². The van der Waals surface area contributed by atoms with Crippen molar-refractivity contribution >= 4 is 0 Å². The van der Waals surface area contributed by atoms with Gasteiger partial charge >= 0.3 is 0 Å². The molecule has 0 radical (unpaired) electrons. The molecule has 0 amide bonds. The number of hydrogen-bond acceptors (Lipinski definition) is 4. The third-order valence-electron chi connectivity index (χ3n) is 2.71. The van der Waals surface area contributed by atoms with Crippen molar-refractivity contribution in [3.05, 3.63) is 0 Å². The van der Waals surface area contributed by atoms with E-state index in [0.717, 1.165) is 39.1 Å². The van der Waals surface area contributed by atoms with Crippen molar-refractivity contribution in [2.75, 3.05) is 40.5 Å². The Bertz CT molecular complexity index is 154. The Kier molecular flexibility index (Phi) is 9.92. The Morgan fingerprint density at radius 1 is 1.12 bits per heavy atom. The number of nitrogens with two attached hydrogens (primary N) is 1. The number of hydrogen-bond donors (Lipinski definition) is 1. The number of ether oxygens (including phenoxy) is 2. The molecule has 0 aromatic carbocycles. The second-order valence-electron chi connectivity index (χ2n) is 4.48. The highest BCUT2D eigenvalue weighted by Crippen LogP contribution is 2.03. The van der Waals surface area contributed by atoms with E-state index in [2.05, 4.69) is 18.7 Å². The maximum absolute atomic E-state index is 6.09. The minimum Gasteiger partial charge on any atom is -0.385 e. The Morgan fingerprint density at radius 2 is 1.75 bits per heavy atom. The topological polar surface area (TPSA) is 47.7 Å². The zero-order valence-corrected chi connectivity index (χ0v) is 11.2. The minimum atomic E-state index is 0.231. The van der Waals surface area contributed by atoms with E-state index in [0.29, 0.717) is 6.04 Å². The third kappa shape index (κ3) is 8.05. The van der Waals surface area contributed by atoms with E-state index < -0.39 is 0 Å². The van der Waals surface area contributed by atoms with E-state index in [-0.39, 0.29) is 6.04 Å². The highest BCUT2D eigenvalue weighted by Gasteiger charge is 2.13. The smallest absolute Gasteiger partial charge is 0.0589 e. The molecule has 0 saturated heterocycles. The van der Waals surface area contributed by atoms with E-state index in [1.807, 2.05) is 0 Å². The van der Waals surface area contributed by atoms with Gasteiger partial charge in [0.25, 0.3) is 0 Å². The Balaban J connectivity index is 3.78. The van der Waals surface area contributed by atoms with Crippen LogP contribution in [-0.2, 0) is 9.47 Å². The molecule has 0 aromatic rings. The van der Waals surface area contributed by atoms with Crippen molar-refractivity contribution in [1.29, 1.82) is 0 Å². The standard InChI is InChI=1S/C12H28N2O2/c1-11(2)14(7-9-16-4)10-12(13)6-5-8-15-3/h11-12H,5-10,13H2,1-4H3. The second kappa shape index (κ2) is 10.0. The van der Waals surface area contributed by atoms with Crippen LogP contribution in [0, 0.1) is 0 Å². The van der Waals surface area contributed by atoms with Gasteiger partial charge in [0, 0.05) is 46.0 Å². The maximum Gasteiger partial charge on any atom is 0.0589 e. The Hall–Kier alpha value is -0.160. The Labute approximate surface area is 100 Å². The normalized spacial score (nSPS) is 13.7. The first-order valence-corrected chi connectivity index (χ1v) is 6.09. The number of methoxy groups -OCH3 is 2. The highest BCUT2D eigenvalue weighted by molar-refractivity contribution is 4.71. The molecule has 16 heavy (non-hydrogen) atoms. The highest BCUT2D eigenvalue weighted by atomic mass is 16.5. The van der Waals surface area contributed by atoms with Gasteiger partial charge in [0.2, 0.25) is 0 Å². The SMILES string of the molecule is COCCCC(N)CN(CCOC)C(C)C. The van der Waals surface area contributed by atoms with Crippen LogP contribution in [0.2, 0.25) is 0 Å². The lowest BCUT2D eigenvalue weighted by Crippen LogP contribution is -2.42. The van der Waals surface area contributed by atoms with Gasteiger partial charge in [0.05, 0.1) is 6.61 Å². The van der Waals surface area contributed by atoms with Crippen LogP contribution in [0.4, 0.5) is 0 Å². The molecular formula is C12H28N2O2. The Morgan fingerprint density at radius 3 is 2.25 bits per heavy atom. The van der Waals surface area contributed by atoms with Gasteiger partial charge in [0.15, 0.2) is 0 Å². The van der Waals surface area contributed by atoms with E-state index >= 15 is 0 Å². The number of nitrogens with zero attached hydrogens (tertiary/aromatic N) is 1. The quantitative estimate of drug-likeness (QED) is 0.573. The predicted molar refractivity (Wildman–Crippen MR) is 67.7 cm³/mol. The van der Waals surface area contributed by atoms with Crippen molar-refractivity contribution < 1.29 is 9.47 Å². The van der Waals surface area contributed by atoms with Crippen molar-refractivity contribution in [3.63, 3.8) is 0 Å². The third-order valence-corrected chi connectivity index (χ3v) is 2.71. The molecule has 0 heterocycles. The fourth-order valence-electron chi connectivity index (χ4n) is 1.65. The molecule has 0 bridgehead atoms. The van der Waals surface area contributed by atoms with Crippen LogP contribution in [0.1, 0.15) is 26.7 Å². The molecule has 98 valence electrons. The monoisotopic (exact) mass is 232 g/mol. The molecule has 0 aliphatic carbocycles. The van der Waals surface area contributed by atoms with Gasteiger partial charge in [-0.2, -0.15) is 0 Å². The van der Waals surface area contributed by atoms with Crippen LogP contribution in [0.25, 0.3) is 0 Å². The van der Waals surface area contributed by atoms with Crippen LogP contribution < -0.4 is 5.73 Å². The zero-order chi connectivity index (χ0) is 12.4. The fourth-order valence-corrected chi connectivity index (χ4v) is 1.65. The van der Waals surface area contributed by atoms with Crippen LogP contribution in [0.5, 0.6) is 0 Å². The summed E-state index contributed by atoms with van der Waals surface area (Å²) in [5.41, 5.74) is 6.09. The van der Waals surface area contributed by atoms with E-state index in [1.54, 1.807) is 14.2 Å². The molecule has 2 N–H and O–H groups in total. The van der Waals surface area contributed by atoms with E-state index in [1.165, 1.54) is 0 Å². The number of rotatable bonds is 10. The molecule has 0 aliphatic heterocycles. The lowest BCUT2D eigenvalue weighted by Gasteiger charge is -2.28. The molecule has 1 unspecified atom stereocenters. The van der Waals surface area contributed by atoms with Gasteiger partial charge in [0.1, 0.15) is 0 Å². The summed E-state index contributed by atoms with van der Waals surface area (Å²) in [6.07, 6.45) is 2.05. The van der Waals surface area contributed by atoms with E-state index in [4.69, 9.17) is 15.2 Å². The summed E-state index contributed by atoms with van der Waals surface area (Å²) < 4.78 is 10.1. The average molecular weight is 232 g/mol. The van der Waals surface area contributed by atoms with Crippen molar-refractivity contribution in [3.8, 4) is 0 Å². The summed E-state index contributed by atoms with van der Waals surface area (Å²) in [6, 6.07) is 0.748. The molecule has 0 rings (SSSR count). The van der Waals surface area contributed by atoms with Gasteiger partial charge in [-0.25, -0.2) is 0 Å². The van der Waals surface area contributed by atoms with Gasteiger partial charge in [-0.15, -0.1) is 0 Å². The van der Waals surface area contributed by atoms with Gasteiger partial charge in [-0.1, -0.05) is 0 Å². The van der Waals surface area contributed by atoms with Crippen molar-refractivity contribution in [1.82, 2.24) is 4.90 Å². The summed E-state index contributed by atoms with van der Waals surface area (Å²) in [6.45, 7) is 7.84. The molecule has 0 fully saturated rings. The van der Waals surface area contributed by atoms with Crippen molar-refractivity contribution in [2.45, 2.75) is 38.8 Å². The maximum atomic E-state index is 6.09. The van der Waals surface area contributed by atoms with Gasteiger partial charge < -0.3 is 15.2 Å². The molecule has 0 saturated carbocycles. The lowest BCUT2D eigenvalue weighted by atomic mass is 10.1. The second-order valence-corrected chi connectivity index (χ2v) is 4.48. The van der Waals surface area contributed by atoms with Crippen LogP contribution in [-0.4, -0.2) is 57.5 Å². The lowest BCUT2D eigenvalue weighted by molar-refractivity contribution is 0.122. The van der Waals surface area contributed by atoms with E-state index in [9.17, 15) is 0 Å². The average Bonchev–Trinajstić information content (AvgIpc) is 2.24. The first-order chi connectivity index (χ1) is 7.61. The summed E-state index contributed by atoms with van der Waals surface area (Å²) in [4.78, 5) is 2.36. The zero-order valence-electron chi connectivity index (χ0n) is 11.2. The van der Waals surface area contributed by atoms with Crippen LogP contribution in [0.15, 0.2) is 0 Å². The van der Waals surface area contributed by atoms with Crippen LogP contribution in [0.3, 0.4) is 0 Å². The minimum absolute atomic E-state index is 0.231. The molecular weight excluding hydrogens is 204 g/mol. The summed E-state index contributed by atoms with van der Waals surface area (Å²) in [7, 11) is 3.46. The molecule has 4 heteroatoms. The van der Waals surface area contributed by atoms with Gasteiger partial charge in [-0.05, 0) is 26.7 Å². The first kappa shape index (κ1) is 15.8. The molecule has 0 aromatic heterocycles. The summed E-state index contributed by atoms with van der Waals surface area (Å²) in [5, 5.41) is 0. The summed E-state index contributed by atoms with van der Waals surface area (Å²) in [5.74, 6) is 0. The fraction of sp³-hybridized carbons (Fsp3) is 1.00. The summed E-state index contributed by atoms with van der Waals surface area (Å²) >= 11 is 0. The molecule has 4 nitrogen and oxygen atoms in total. The predicted octanol–water partition coefficient (Wildman–Crippen LogP) is 1.10. The molecule has 0 spiro atoms. The molecule has 1 atom stereocenters. The van der Waals surface area contributed by atoms with Gasteiger partial charge in [-0.3, -0.25) is 4.90 Å². The largest absolute Gasteiger partial charge is 0.385 e. The first-order valence-electron chi connectivity index (χ1n) is 6.09.